The Balaban J connectivity index is 3.38. The Labute approximate surface area is 89.0 Å². The molecular formula is C8H7ClF2N2O2. The van der Waals surface area contributed by atoms with E-state index in [1.165, 1.54) is 7.11 Å². The summed E-state index contributed by atoms with van der Waals surface area (Å²) >= 11 is 5.55. The lowest BCUT2D eigenvalue weighted by Gasteiger charge is -2.09. The topological polar surface area (TPSA) is 65.2 Å². The van der Waals surface area contributed by atoms with E-state index in [-0.39, 0.29) is 16.5 Å². The van der Waals surface area contributed by atoms with Gasteiger partial charge in [0.1, 0.15) is 5.69 Å². The molecule has 1 rings (SSSR count). The summed E-state index contributed by atoms with van der Waals surface area (Å²) in [5.74, 6) is -1.01. The number of nitrogens with zero attached hydrogens (tertiary/aromatic N) is 1. The Morgan fingerprint density at radius 3 is 2.67 bits per heavy atom. The monoisotopic (exact) mass is 236 g/mol. The number of pyridine rings is 1. The molecule has 82 valence electrons. The third-order valence-corrected chi connectivity index (χ3v) is 1.90. The first-order valence-corrected chi connectivity index (χ1v) is 4.17. The molecule has 0 aromatic carbocycles. The average Bonchev–Trinajstić information content (AvgIpc) is 2.16. The lowest BCUT2D eigenvalue weighted by molar-refractivity contribution is 0.0996. The molecule has 0 saturated heterocycles. The van der Waals surface area contributed by atoms with Gasteiger partial charge in [0.2, 0.25) is 0 Å². The third kappa shape index (κ3) is 2.33. The van der Waals surface area contributed by atoms with E-state index in [9.17, 15) is 13.6 Å². The molecule has 0 aliphatic carbocycles. The quantitative estimate of drug-likeness (QED) is 0.814. The lowest BCUT2D eigenvalue weighted by Crippen LogP contribution is -2.14. The van der Waals surface area contributed by atoms with Gasteiger partial charge in [0.05, 0.1) is 12.7 Å². The van der Waals surface area contributed by atoms with Gasteiger partial charge in [0, 0.05) is 0 Å². The van der Waals surface area contributed by atoms with E-state index in [4.69, 9.17) is 22.1 Å². The fourth-order valence-corrected chi connectivity index (χ4v) is 1.29. The standard InChI is InChI=1S/C8H7ClF2N2O2/c1-15-5-3(8(12)14)2-4(7(10)11)13-6(5)9/h2,7H,1H3,(H2,12,14). The summed E-state index contributed by atoms with van der Waals surface area (Å²) in [4.78, 5) is 14.3. The second-order valence-electron chi connectivity index (χ2n) is 2.58. The first kappa shape index (κ1) is 11.6. The molecule has 0 aliphatic rings. The van der Waals surface area contributed by atoms with E-state index in [1.54, 1.807) is 0 Å². The predicted octanol–water partition coefficient (Wildman–Crippen LogP) is 1.78. The summed E-state index contributed by atoms with van der Waals surface area (Å²) in [7, 11) is 1.23. The minimum absolute atomic E-state index is 0.103. The normalized spacial score (nSPS) is 10.5. The number of alkyl halides is 2. The van der Waals surface area contributed by atoms with Crippen molar-refractivity contribution in [3.05, 3.63) is 22.5 Å². The predicted molar refractivity (Wildman–Crippen MR) is 49.3 cm³/mol. The smallest absolute Gasteiger partial charge is 0.280 e. The van der Waals surface area contributed by atoms with E-state index in [0.717, 1.165) is 6.07 Å². The number of primary amides is 1. The van der Waals surface area contributed by atoms with Crippen molar-refractivity contribution in [2.24, 2.45) is 5.73 Å². The molecular weight excluding hydrogens is 230 g/mol. The zero-order valence-electron chi connectivity index (χ0n) is 7.63. The number of amides is 1. The highest BCUT2D eigenvalue weighted by atomic mass is 35.5. The van der Waals surface area contributed by atoms with Gasteiger partial charge < -0.3 is 10.5 Å². The van der Waals surface area contributed by atoms with Crippen molar-refractivity contribution < 1.29 is 18.3 Å². The van der Waals surface area contributed by atoms with Crippen LogP contribution >= 0.6 is 11.6 Å². The van der Waals surface area contributed by atoms with Gasteiger partial charge in [-0.25, -0.2) is 13.8 Å². The number of hydrogen-bond acceptors (Lipinski definition) is 3. The van der Waals surface area contributed by atoms with E-state index in [0.29, 0.717) is 0 Å². The Bertz CT molecular complexity index is 398. The van der Waals surface area contributed by atoms with Gasteiger partial charge >= 0.3 is 0 Å². The molecule has 4 nitrogen and oxygen atoms in total. The van der Waals surface area contributed by atoms with E-state index in [2.05, 4.69) is 4.98 Å². The highest BCUT2D eigenvalue weighted by Gasteiger charge is 2.19. The van der Waals surface area contributed by atoms with E-state index < -0.39 is 18.0 Å². The SMILES string of the molecule is COc1c(C(N)=O)cc(C(F)F)nc1Cl. The Morgan fingerprint density at radius 1 is 1.67 bits per heavy atom. The number of ether oxygens (including phenoxy) is 1. The van der Waals surface area contributed by atoms with Crippen LogP contribution in [0, 0.1) is 0 Å². The van der Waals surface area contributed by atoms with Crippen LogP contribution < -0.4 is 10.5 Å². The molecule has 0 atom stereocenters. The second kappa shape index (κ2) is 4.39. The number of halogens is 3. The minimum Gasteiger partial charge on any atom is -0.493 e. The van der Waals surface area contributed by atoms with Crippen LogP contribution in [0.15, 0.2) is 6.07 Å². The molecule has 0 spiro atoms. The highest BCUT2D eigenvalue weighted by Crippen LogP contribution is 2.30. The van der Waals surface area contributed by atoms with Crippen LogP contribution in [0.5, 0.6) is 5.75 Å². The van der Waals surface area contributed by atoms with Crippen LogP contribution in [0.4, 0.5) is 8.78 Å². The second-order valence-corrected chi connectivity index (χ2v) is 2.94. The van der Waals surface area contributed by atoms with Crippen molar-refractivity contribution in [3.8, 4) is 5.75 Å². The average molecular weight is 237 g/mol. The van der Waals surface area contributed by atoms with Gasteiger partial charge in [0.25, 0.3) is 12.3 Å². The third-order valence-electron chi connectivity index (χ3n) is 1.64. The zero-order valence-corrected chi connectivity index (χ0v) is 8.39. The van der Waals surface area contributed by atoms with Crippen LogP contribution in [-0.4, -0.2) is 18.0 Å². The number of methoxy groups -OCH3 is 1. The van der Waals surface area contributed by atoms with Gasteiger partial charge in [-0.15, -0.1) is 0 Å². The molecule has 1 aromatic heterocycles. The number of carbonyl (C=O) groups is 1. The summed E-state index contributed by atoms with van der Waals surface area (Å²) in [6.07, 6.45) is -2.83. The molecule has 0 radical (unpaired) electrons. The highest BCUT2D eigenvalue weighted by molar-refractivity contribution is 6.31. The Kier molecular flexibility index (Phi) is 3.41. The van der Waals surface area contributed by atoms with Crippen molar-refractivity contribution in [1.29, 1.82) is 0 Å². The molecule has 0 saturated carbocycles. The first-order chi connectivity index (χ1) is 6.97. The molecule has 0 aliphatic heterocycles. The fourth-order valence-electron chi connectivity index (χ4n) is 1.01. The van der Waals surface area contributed by atoms with Crippen LogP contribution in [0.3, 0.4) is 0 Å². The van der Waals surface area contributed by atoms with Gasteiger partial charge in [-0.3, -0.25) is 4.79 Å². The van der Waals surface area contributed by atoms with Crippen molar-refractivity contribution >= 4 is 17.5 Å². The number of aromatic nitrogens is 1. The van der Waals surface area contributed by atoms with Gasteiger partial charge in [0.15, 0.2) is 10.9 Å². The number of nitrogens with two attached hydrogens (primary N) is 1. The van der Waals surface area contributed by atoms with Crippen molar-refractivity contribution in [3.63, 3.8) is 0 Å². The summed E-state index contributed by atoms with van der Waals surface area (Å²) in [5, 5.41) is -0.316. The first-order valence-electron chi connectivity index (χ1n) is 3.79. The lowest BCUT2D eigenvalue weighted by atomic mass is 10.2. The molecule has 1 amide bonds. The van der Waals surface area contributed by atoms with Crippen LogP contribution in [-0.2, 0) is 0 Å². The maximum absolute atomic E-state index is 12.3. The van der Waals surface area contributed by atoms with Crippen LogP contribution in [0.2, 0.25) is 5.15 Å². The maximum atomic E-state index is 12.3. The number of hydrogen-bond donors (Lipinski definition) is 1. The number of rotatable bonds is 3. The molecule has 15 heavy (non-hydrogen) atoms. The molecule has 0 fully saturated rings. The minimum atomic E-state index is -2.83. The van der Waals surface area contributed by atoms with Crippen LogP contribution in [0.25, 0.3) is 0 Å². The Hall–Kier alpha value is -1.43. The zero-order chi connectivity index (χ0) is 11.6. The molecule has 1 aromatic rings. The molecule has 2 N–H and O–H groups in total. The number of carbonyl (C=O) groups excluding carboxylic acids is 1. The summed E-state index contributed by atoms with van der Waals surface area (Å²) in [5.41, 5.74) is 4.15. The molecule has 1 heterocycles. The van der Waals surface area contributed by atoms with Crippen molar-refractivity contribution in [2.45, 2.75) is 6.43 Å². The van der Waals surface area contributed by atoms with Crippen molar-refractivity contribution in [2.75, 3.05) is 7.11 Å². The van der Waals surface area contributed by atoms with Crippen molar-refractivity contribution in [1.82, 2.24) is 4.98 Å². The van der Waals surface area contributed by atoms with E-state index in [1.807, 2.05) is 0 Å². The summed E-state index contributed by atoms with van der Waals surface area (Å²) in [6.45, 7) is 0. The maximum Gasteiger partial charge on any atom is 0.280 e. The molecule has 0 bridgehead atoms. The van der Waals surface area contributed by atoms with Gasteiger partial charge in [-0.1, -0.05) is 11.6 Å². The van der Waals surface area contributed by atoms with Crippen LogP contribution in [0.1, 0.15) is 22.5 Å². The molecule has 0 unspecified atom stereocenters. The van der Waals surface area contributed by atoms with Gasteiger partial charge in [-0.05, 0) is 6.07 Å². The largest absolute Gasteiger partial charge is 0.493 e. The fraction of sp³-hybridized carbons (Fsp3) is 0.250. The summed E-state index contributed by atoms with van der Waals surface area (Å²) < 4.78 is 29.4. The van der Waals surface area contributed by atoms with Gasteiger partial charge in [-0.2, -0.15) is 0 Å². The van der Waals surface area contributed by atoms with E-state index >= 15 is 0 Å². The Morgan fingerprint density at radius 2 is 2.27 bits per heavy atom. The molecule has 7 heteroatoms. The summed E-state index contributed by atoms with van der Waals surface area (Å²) in [6, 6.07) is 0.859.